The smallest absolute Gasteiger partial charge is 0.237 e. The summed E-state index contributed by atoms with van der Waals surface area (Å²) in [5.41, 5.74) is 7.27. The highest BCUT2D eigenvalue weighted by atomic mass is 79.9. The SMILES string of the molecule is CC(Cc1cccc(Br)c1)NC(=O)C(N)C1CCOCC1.Cl. The van der Waals surface area contributed by atoms with E-state index in [4.69, 9.17) is 10.5 Å². The number of hydrogen-bond donors (Lipinski definition) is 2. The summed E-state index contributed by atoms with van der Waals surface area (Å²) in [7, 11) is 0. The molecule has 0 saturated carbocycles. The topological polar surface area (TPSA) is 64.4 Å². The molecule has 0 bridgehead atoms. The van der Waals surface area contributed by atoms with Crippen LogP contribution in [0, 0.1) is 5.92 Å². The minimum absolute atomic E-state index is 0. The van der Waals surface area contributed by atoms with Crippen molar-refractivity contribution in [2.24, 2.45) is 11.7 Å². The van der Waals surface area contributed by atoms with Gasteiger partial charge >= 0.3 is 0 Å². The molecule has 0 spiro atoms. The van der Waals surface area contributed by atoms with Gasteiger partial charge in [-0.2, -0.15) is 0 Å². The summed E-state index contributed by atoms with van der Waals surface area (Å²) in [6.07, 6.45) is 2.54. The van der Waals surface area contributed by atoms with Crippen LogP contribution >= 0.6 is 28.3 Å². The Bertz CT molecular complexity index is 481. The number of rotatable bonds is 5. The average molecular weight is 392 g/mol. The van der Waals surface area contributed by atoms with Gasteiger partial charge in [0.05, 0.1) is 6.04 Å². The highest BCUT2D eigenvalue weighted by molar-refractivity contribution is 9.10. The Hall–Kier alpha value is -0.620. The molecule has 124 valence electrons. The van der Waals surface area contributed by atoms with Gasteiger partial charge < -0.3 is 15.8 Å². The number of carbonyl (C=O) groups excluding carboxylic acids is 1. The third-order valence-corrected chi connectivity index (χ3v) is 4.39. The Kier molecular flexibility index (Phi) is 8.39. The standard InChI is InChI=1S/C16H23BrN2O2.ClH/c1-11(9-12-3-2-4-14(17)10-12)19-16(20)15(18)13-5-7-21-8-6-13;/h2-4,10-11,13,15H,5-9,18H2,1H3,(H,19,20);1H. The van der Waals surface area contributed by atoms with Crippen LogP contribution in [-0.2, 0) is 16.0 Å². The fourth-order valence-electron chi connectivity index (χ4n) is 2.70. The molecule has 22 heavy (non-hydrogen) atoms. The molecule has 6 heteroatoms. The first-order chi connectivity index (χ1) is 10.1. The van der Waals surface area contributed by atoms with E-state index in [0.717, 1.165) is 23.7 Å². The van der Waals surface area contributed by atoms with Gasteiger partial charge in [0.25, 0.3) is 0 Å². The molecule has 1 saturated heterocycles. The Morgan fingerprint density at radius 2 is 2.14 bits per heavy atom. The number of halogens is 2. The number of ether oxygens (including phenoxy) is 1. The van der Waals surface area contributed by atoms with Crippen molar-refractivity contribution >= 4 is 34.2 Å². The van der Waals surface area contributed by atoms with Gasteiger partial charge in [-0.1, -0.05) is 28.1 Å². The summed E-state index contributed by atoms with van der Waals surface area (Å²) in [6, 6.07) is 7.76. The van der Waals surface area contributed by atoms with Crippen LogP contribution in [0.4, 0.5) is 0 Å². The van der Waals surface area contributed by atoms with E-state index in [2.05, 4.69) is 33.4 Å². The molecule has 0 aromatic heterocycles. The molecule has 3 N–H and O–H groups in total. The first-order valence-electron chi connectivity index (χ1n) is 7.44. The van der Waals surface area contributed by atoms with E-state index >= 15 is 0 Å². The first-order valence-corrected chi connectivity index (χ1v) is 8.23. The maximum atomic E-state index is 12.2. The molecule has 2 rings (SSSR count). The van der Waals surface area contributed by atoms with Gasteiger partial charge in [0.2, 0.25) is 5.91 Å². The zero-order valence-corrected chi connectivity index (χ0v) is 15.2. The number of hydrogen-bond acceptors (Lipinski definition) is 3. The van der Waals surface area contributed by atoms with E-state index in [0.29, 0.717) is 13.2 Å². The van der Waals surface area contributed by atoms with E-state index in [9.17, 15) is 4.79 Å². The largest absolute Gasteiger partial charge is 0.381 e. The number of benzene rings is 1. The molecule has 1 aromatic carbocycles. The summed E-state index contributed by atoms with van der Waals surface area (Å²) in [5, 5.41) is 3.02. The third-order valence-electron chi connectivity index (χ3n) is 3.90. The highest BCUT2D eigenvalue weighted by Gasteiger charge is 2.27. The van der Waals surface area contributed by atoms with Crippen LogP contribution in [-0.4, -0.2) is 31.2 Å². The molecule has 1 fully saturated rings. The fourth-order valence-corrected chi connectivity index (χ4v) is 3.14. The van der Waals surface area contributed by atoms with E-state index in [1.807, 2.05) is 19.1 Å². The van der Waals surface area contributed by atoms with Crippen LogP contribution in [0.3, 0.4) is 0 Å². The second kappa shape index (κ2) is 9.50. The van der Waals surface area contributed by atoms with Crippen molar-refractivity contribution in [3.8, 4) is 0 Å². The number of nitrogens with two attached hydrogens (primary N) is 1. The van der Waals surface area contributed by atoms with Crippen molar-refractivity contribution in [1.29, 1.82) is 0 Å². The second-order valence-corrected chi connectivity index (χ2v) is 6.63. The maximum absolute atomic E-state index is 12.2. The van der Waals surface area contributed by atoms with Crippen molar-refractivity contribution in [2.45, 2.75) is 38.3 Å². The van der Waals surface area contributed by atoms with Crippen LogP contribution < -0.4 is 11.1 Å². The van der Waals surface area contributed by atoms with Gasteiger partial charge in [-0.05, 0) is 49.8 Å². The predicted molar refractivity (Wildman–Crippen MR) is 94.2 cm³/mol. The minimum Gasteiger partial charge on any atom is -0.381 e. The third kappa shape index (κ3) is 5.88. The Labute approximate surface area is 146 Å². The lowest BCUT2D eigenvalue weighted by Gasteiger charge is -2.27. The molecule has 1 aliphatic rings. The van der Waals surface area contributed by atoms with E-state index in [1.54, 1.807) is 0 Å². The molecule has 1 amide bonds. The zero-order chi connectivity index (χ0) is 15.2. The lowest BCUT2D eigenvalue weighted by Crippen LogP contribution is -2.49. The molecule has 1 aliphatic heterocycles. The summed E-state index contributed by atoms with van der Waals surface area (Å²) >= 11 is 3.46. The maximum Gasteiger partial charge on any atom is 0.237 e. The van der Waals surface area contributed by atoms with Crippen molar-refractivity contribution in [3.63, 3.8) is 0 Å². The Morgan fingerprint density at radius 3 is 2.77 bits per heavy atom. The number of nitrogens with one attached hydrogen (secondary N) is 1. The normalized spacial score (nSPS) is 18.1. The minimum atomic E-state index is -0.432. The second-order valence-electron chi connectivity index (χ2n) is 5.72. The van der Waals surface area contributed by atoms with Gasteiger partial charge in [0, 0.05) is 23.7 Å². The van der Waals surface area contributed by atoms with Gasteiger partial charge in [-0.3, -0.25) is 4.79 Å². The number of amides is 1. The highest BCUT2D eigenvalue weighted by Crippen LogP contribution is 2.18. The van der Waals surface area contributed by atoms with Gasteiger partial charge in [-0.25, -0.2) is 0 Å². The van der Waals surface area contributed by atoms with Gasteiger partial charge in [0.1, 0.15) is 0 Å². The lowest BCUT2D eigenvalue weighted by molar-refractivity contribution is -0.124. The van der Waals surface area contributed by atoms with Crippen LogP contribution in [0.15, 0.2) is 28.7 Å². The molecule has 1 aromatic rings. The molecule has 4 nitrogen and oxygen atoms in total. The van der Waals surface area contributed by atoms with Crippen LogP contribution in [0.5, 0.6) is 0 Å². The van der Waals surface area contributed by atoms with Crippen molar-refractivity contribution in [3.05, 3.63) is 34.3 Å². The van der Waals surface area contributed by atoms with Crippen molar-refractivity contribution < 1.29 is 9.53 Å². The molecule has 0 radical (unpaired) electrons. The molecule has 2 atom stereocenters. The van der Waals surface area contributed by atoms with Crippen LogP contribution in [0.1, 0.15) is 25.3 Å². The quantitative estimate of drug-likeness (QED) is 0.811. The Balaban J connectivity index is 0.00000242. The summed E-state index contributed by atoms with van der Waals surface area (Å²) in [4.78, 5) is 12.2. The van der Waals surface area contributed by atoms with E-state index < -0.39 is 6.04 Å². The average Bonchev–Trinajstić information content (AvgIpc) is 2.47. The molecule has 0 aliphatic carbocycles. The molecular formula is C16H24BrClN2O2. The lowest BCUT2D eigenvalue weighted by atomic mass is 9.91. The van der Waals surface area contributed by atoms with E-state index in [-0.39, 0.29) is 30.3 Å². The summed E-state index contributed by atoms with van der Waals surface area (Å²) < 4.78 is 6.36. The van der Waals surface area contributed by atoms with E-state index in [1.165, 1.54) is 5.56 Å². The molecular weight excluding hydrogens is 368 g/mol. The summed E-state index contributed by atoms with van der Waals surface area (Å²) in [5.74, 6) is 0.182. The van der Waals surface area contributed by atoms with Crippen LogP contribution in [0.25, 0.3) is 0 Å². The zero-order valence-electron chi connectivity index (χ0n) is 12.8. The molecule has 1 heterocycles. The first kappa shape index (κ1) is 19.4. The van der Waals surface area contributed by atoms with Crippen LogP contribution in [0.2, 0.25) is 0 Å². The predicted octanol–water partition coefficient (Wildman–Crippen LogP) is 2.67. The monoisotopic (exact) mass is 390 g/mol. The van der Waals surface area contributed by atoms with Gasteiger partial charge in [-0.15, -0.1) is 12.4 Å². The number of carbonyl (C=O) groups is 1. The van der Waals surface area contributed by atoms with Crippen molar-refractivity contribution in [1.82, 2.24) is 5.32 Å². The Morgan fingerprint density at radius 1 is 1.45 bits per heavy atom. The fraction of sp³-hybridized carbons (Fsp3) is 0.562. The van der Waals surface area contributed by atoms with Gasteiger partial charge in [0.15, 0.2) is 0 Å². The summed E-state index contributed by atoms with van der Waals surface area (Å²) in [6.45, 7) is 3.42. The van der Waals surface area contributed by atoms with Crippen molar-refractivity contribution in [2.75, 3.05) is 13.2 Å². The molecule has 2 unspecified atom stereocenters.